The van der Waals surface area contributed by atoms with E-state index >= 15 is 0 Å². The maximum absolute atomic E-state index is 5.51. The summed E-state index contributed by atoms with van der Waals surface area (Å²) >= 11 is 0. The van der Waals surface area contributed by atoms with Crippen molar-refractivity contribution in [3.05, 3.63) is 23.5 Å². The highest BCUT2D eigenvalue weighted by Gasteiger charge is 2.04. The largest absolute Gasteiger partial charge is 0.368 e. The molecule has 0 aliphatic carbocycles. The number of anilines is 1. The second-order valence-corrected chi connectivity index (χ2v) is 2.99. The summed E-state index contributed by atoms with van der Waals surface area (Å²) in [5, 5.41) is 0.997. The first kappa shape index (κ1) is 7.91. The Hall–Kier alpha value is -1.71. The van der Waals surface area contributed by atoms with Gasteiger partial charge in [0.2, 0.25) is 5.95 Å². The molecule has 2 aromatic heterocycles. The zero-order valence-electron chi connectivity index (χ0n) is 7.57. The molecule has 0 unspecified atom stereocenters. The average Bonchev–Trinajstić information content (AvgIpc) is 2.02. The third-order valence-electron chi connectivity index (χ3n) is 2.00. The summed E-state index contributed by atoms with van der Waals surface area (Å²) in [5.74, 6) is 0.281. The van der Waals surface area contributed by atoms with Crippen LogP contribution < -0.4 is 5.73 Å². The maximum Gasteiger partial charge on any atom is 0.222 e. The molecule has 2 aromatic rings. The molecule has 0 saturated heterocycles. The minimum Gasteiger partial charge on any atom is -0.368 e. The number of hydrogen-bond donors (Lipinski definition) is 1. The topological polar surface area (TPSA) is 64.7 Å². The molecular formula is C9H10N4. The number of aromatic nitrogens is 3. The lowest BCUT2D eigenvalue weighted by Gasteiger charge is -2.03. The Labute approximate surface area is 75.8 Å². The summed E-state index contributed by atoms with van der Waals surface area (Å²) < 4.78 is 0. The molecular weight excluding hydrogens is 164 g/mol. The molecule has 0 aliphatic rings. The van der Waals surface area contributed by atoms with Crippen LogP contribution in [0.5, 0.6) is 0 Å². The van der Waals surface area contributed by atoms with E-state index in [1.807, 2.05) is 19.9 Å². The monoisotopic (exact) mass is 174 g/mol. The number of nitrogens with two attached hydrogens (primary N) is 1. The zero-order valence-corrected chi connectivity index (χ0v) is 7.57. The molecule has 2 N–H and O–H groups in total. The van der Waals surface area contributed by atoms with Crippen molar-refractivity contribution in [3.63, 3.8) is 0 Å². The second kappa shape index (κ2) is 2.65. The normalized spacial score (nSPS) is 10.6. The van der Waals surface area contributed by atoms with E-state index in [-0.39, 0.29) is 5.95 Å². The van der Waals surface area contributed by atoms with Crippen LogP contribution in [-0.4, -0.2) is 15.0 Å². The van der Waals surface area contributed by atoms with Gasteiger partial charge in [-0.25, -0.2) is 9.97 Å². The Kier molecular flexibility index (Phi) is 1.62. The van der Waals surface area contributed by atoms with Gasteiger partial charge >= 0.3 is 0 Å². The fourth-order valence-electron chi connectivity index (χ4n) is 1.44. The van der Waals surface area contributed by atoms with Crippen molar-refractivity contribution in [3.8, 4) is 0 Å². The van der Waals surface area contributed by atoms with Gasteiger partial charge in [-0.1, -0.05) is 0 Å². The minimum absolute atomic E-state index is 0.281. The van der Waals surface area contributed by atoms with Crippen LogP contribution in [0, 0.1) is 13.8 Å². The number of nitrogens with zero attached hydrogens (tertiary/aromatic N) is 3. The zero-order chi connectivity index (χ0) is 9.42. The SMILES string of the molecule is Cc1ccnc2nc(N)nc(C)c12. The highest BCUT2D eigenvalue weighted by Crippen LogP contribution is 2.17. The van der Waals surface area contributed by atoms with Crippen LogP contribution in [0.4, 0.5) is 5.95 Å². The number of nitrogen functional groups attached to an aromatic ring is 1. The van der Waals surface area contributed by atoms with Crippen molar-refractivity contribution < 1.29 is 0 Å². The Morgan fingerprint density at radius 3 is 2.77 bits per heavy atom. The molecule has 0 fully saturated rings. The van der Waals surface area contributed by atoms with Gasteiger partial charge in [-0.15, -0.1) is 0 Å². The first-order valence-corrected chi connectivity index (χ1v) is 4.04. The summed E-state index contributed by atoms with van der Waals surface area (Å²) in [4.78, 5) is 12.3. The van der Waals surface area contributed by atoms with Gasteiger partial charge in [-0.05, 0) is 25.5 Å². The number of rotatable bonds is 0. The third-order valence-corrected chi connectivity index (χ3v) is 2.00. The first-order valence-electron chi connectivity index (χ1n) is 4.04. The van der Waals surface area contributed by atoms with Crippen LogP contribution in [0.3, 0.4) is 0 Å². The van der Waals surface area contributed by atoms with E-state index in [1.54, 1.807) is 6.20 Å². The van der Waals surface area contributed by atoms with E-state index in [2.05, 4.69) is 15.0 Å². The van der Waals surface area contributed by atoms with Crippen molar-refractivity contribution in [1.29, 1.82) is 0 Å². The first-order chi connectivity index (χ1) is 6.18. The molecule has 4 heteroatoms. The van der Waals surface area contributed by atoms with Gasteiger partial charge in [0.25, 0.3) is 0 Å². The van der Waals surface area contributed by atoms with Crippen molar-refractivity contribution in [2.75, 3.05) is 5.73 Å². The molecule has 4 nitrogen and oxygen atoms in total. The highest BCUT2D eigenvalue weighted by molar-refractivity contribution is 5.81. The van der Waals surface area contributed by atoms with Gasteiger partial charge in [-0.2, -0.15) is 4.98 Å². The van der Waals surface area contributed by atoms with Crippen LogP contribution in [0.1, 0.15) is 11.3 Å². The van der Waals surface area contributed by atoms with E-state index in [0.717, 1.165) is 16.6 Å². The Balaban J connectivity index is 2.94. The Morgan fingerprint density at radius 1 is 1.23 bits per heavy atom. The quantitative estimate of drug-likeness (QED) is 0.652. The van der Waals surface area contributed by atoms with Crippen molar-refractivity contribution in [2.45, 2.75) is 13.8 Å². The van der Waals surface area contributed by atoms with Gasteiger partial charge in [0.15, 0.2) is 5.65 Å². The van der Waals surface area contributed by atoms with Crippen molar-refractivity contribution in [1.82, 2.24) is 15.0 Å². The molecule has 2 rings (SSSR count). The van der Waals surface area contributed by atoms with E-state index in [1.165, 1.54) is 0 Å². The summed E-state index contributed by atoms with van der Waals surface area (Å²) in [6, 6.07) is 1.94. The summed E-state index contributed by atoms with van der Waals surface area (Å²) in [7, 11) is 0. The molecule has 0 atom stereocenters. The number of pyridine rings is 1. The van der Waals surface area contributed by atoms with Crippen molar-refractivity contribution in [2.24, 2.45) is 0 Å². The maximum atomic E-state index is 5.51. The lowest BCUT2D eigenvalue weighted by molar-refractivity contribution is 1.13. The summed E-state index contributed by atoms with van der Waals surface area (Å²) in [6.07, 6.45) is 1.73. The molecule has 0 spiro atoms. The van der Waals surface area contributed by atoms with E-state index < -0.39 is 0 Å². The standard InChI is InChI=1S/C9H10N4/c1-5-3-4-11-8-7(5)6(2)12-9(10)13-8/h3-4H,1-2H3,(H2,10,11,12,13). The van der Waals surface area contributed by atoms with E-state index in [4.69, 9.17) is 5.73 Å². The Morgan fingerprint density at radius 2 is 2.00 bits per heavy atom. The van der Waals surface area contributed by atoms with Gasteiger partial charge in [0.1, 0.15) is 0 Å². The van der Waals surface area contributed by atoms with E-state index in [9.17, 15) is 0 Å². The Bertz CT molecular complexity index is 464. The fourth-order valence-corrected chi connectivity index (χ4v) is 1.44. The average molecular weight is 174 g/mol. The predicted molar refractivity (Wildman–Crippen MR) is 51.2 cm³/mol. The van der Waals surface area contributed by atoms with Crippen molar-refractivity contribution >= 4 is 17.0 Å². The molecule has 13 heavy (non-hydrogen) atoms. The molecule has 0 saturated carbocycles. The number of fused-ring (bicyclic) bond motifs is 1. The molecule has 66 valence electrons. The predicted octanol–water partition coefficient (Wildman–Crippen LogP) is 1.22. The lowest BCUT2D eigenvalue weighted by Crippen LogP contribution is -1.99. The summed E-state index contributed by atoms with van der Waals surface area (Å²) in [6.45, 7) is 3.92. The van der Waals surface area contributed by atoms with Gasteiger partial charge < -0.3 is 5.73 Å². The van der Waals surface area contributed by atoms with Gasteiger partial charge in [-0.3, -0.25) is 0 Å². The molecule has 0 amide bonds. The molecule has 0 radical (unpaired) electrons. The van der Waals surface area contributed by atoms with Crippen LogP contribution in [-0.2, 0) is 0 Å². The fraction of sp³-hybridized carbons (Fsp3) is 0.222. The van der Waals surface area contributed by atoms with E-state index in [0.29, 0.717) is 5.65 Å². The molecule has 0 bridgehead atoms. The molecule has 0 aliphatic heterocycles. The smallest absolute Gasteiger partial charge is 0.222 e. The molecule has 2 heterocycles. The minimum atomic E-state index is 0.281. The second-order valence-electron chi connectivity index (χ2n) is 2.99. The van der Waals surface area contributed by atoms with Crippen LogP contribution in [0.25, 0.3) is 11.0 Å². The van der Waals surface area contributed by atoms with Crippen LogP contribution >= 0.6 is 0 Å². The number of hydrogen-bond acceptors (Lipinski definition) is 4. The third kappa shape index (κ3) is 1.20. The van der Waals surface area contributed by atoms with Gasteiger partial charge in [0.05, 0.1) is 5.69 Å². The van der Waals surface area contributed by atoms with Crippen LogP contribution in [0.2, 0.25) is 0 Å². The number of aryl methyl sites for hydroxylation is 2. The molecule has 0 aromatic carbocycles. The van der Waals surface area contributed by atoms with Gasteiger partial charge in [0, 0.05) is 11.6 Å². The summed E-state index contributed by atoms with van der Waals surface area (Å²) in [5.41, 5.74) is 8.19. The lowest BCUT2D eigenvalue weighted by atomic mass is 10.1. The van der Waals surface area contributed by atoms with Crippen LogP contribution in [0.15, 0.2) is 12.3 Å². The highest BCUT2D eigenvalue weighted by atomic mass is 15.0.